The van der Waals surface area contributed by atoms with Gasteiger partial charge in [0.15, 0.2) is 5.82 Å². The maximum Gasteiger partial charge on any atom is 0.245 e. The lowest BCUT2D eigenvalue weighted by atomic mass is 10.4. The van der Waals surface area contributed by atoms with Crippen LogP contribution in [0.5, 0.6) is 0 Å². The van der Waals surface area contributed by atoms with E-state index in [4.69, 9.17) is 10.5 Å². The predicted molar refractivity (Wildman–Crippen MR) is 63.9 cm³/mol. The van der Waals surface area contributed by atoms with Crippen LogP contribution >= 0.6 is 0 Å². The third-order valence-electron chi connectivity index (χ3n) is 2.12. The molecule has 7 nitrogen and oxygen atoms in total. The highest BCUT2D eigenvalue weighted by Gasteiger charge is 2.20. The predicted octanol–water partition coefficient (Wildman–Crippen LogP) is -0.294. The van der Waals surface area contributed by atoms with Crippen LogP contribution in [-0.4, -0.2) is 37.5 Å². The maximum absolute atomic E-state index is 11.9. The first kappa shape index (κ1) is 13.9. The van der Waals surface area contributed by atoms with Crippen molar-refractivity contribution in [2.45, 2.75) is 24.8 Å². The van der Waals surface area contributed by atoms with Crippen LogP contribution in [0.3, 0.4) is 0 Å². The zero-order chi connectivity index (χ0) is 13.1. The van der Waals surface area contributed by atoms with E-state index in [2.05, 4.69) is 9.82 Å². The molecule has 0 aliphatic heterocycles. The normalized spacial score (nSPS) is 13.8. The smallest absolute Gasteiger partial charge is 0.245 e. The number of ether oxygens (including phenoxy) is 1. The molecule has 0 bridgehead atoms. The lowest BCUT2D eigenvalue weighted by Crippen LogP contribution is -2.32. The lowest BCUT2D eigenvalue weighted by molar-refractivity contribution is 0.0799. The number of nitrogens with zero attached hydrogens (tertiary/aromatic N) is 2. The van der Waals surface area contributed by atoms with Crippen molar-refractivity contribution in [1.29, 1.82) is 0 Å². The third kappa shape index (κ3) is 3.69. The van der Waals surface area contributed by atoms with E-state index in [9.17, 15) is 8.42 Å². The average molecular weight is 262 g/mol. The molecule has 0 aromatic carbocycles. The molecular formula is C9H18N4O3S. The molecule has 0 radical (unpaired) electrons. The molecule has 1 unspecified atom stereocenters. The van der Waals surface area contributed by atoms with E-state index in [-0.39, 0.29) is 23.4 Å². The zero-order valence-corrected chi connectivity index (χ0v) is 11.0. The first-order valence-corrected chi connectivity index (χ1v) is 6.75. The van der Waals surface area contributed by atoms with Gasteiger partial charge in [-0.3, -0.25) is 4.68 Å². The van der Waals surface area contributed by atoms with Crippen molar-refractivity contribution < 1.29 is 13.2 Å². The van der Waals surface area contributed by atoms with Gasteiger partial charge in [0.25, 0.3) is 0 Å². The van der Waals surface area contributed by atoms with Gasteiger partial charge in [0.2, 0.25) is 10.0 Å². The van der Waals surface area contributed by atoms with E-state index in [1.54, 1.807) is 14.0 Å². The molecule has 3 N–H and O–H groups in total. The van der Waals surface area contributed by atoms with Crippen LogP contribution in [0.2, 0.25) is 0 Å². The van der Waals surface area contributed by atoms with Gasteiger partial charge in [-0.1, -0.05) is 0 Å². The Bertz CT molecular complexity index is 469. The van der Waals surface area contributed by atoms with Gasteiger partial charge in [-0.25, -0.2) is 13.1 Å². The van der Waals surface area contributed by atoms with Crippen LogP contribution in [0.1, 0.15) is 13.8 Å². The zero-order valence-electron chi connectivity index (χ0n) is 10.2. The molecule has 0 saturated carbocycles. The second-order valence-corrected chi connectivity index (χ2v) is 5.41. The van der Waals surface area contributed by atoms with Crippen LogP contribution < -0.4 is 10.5 Å². The van der Waals surface area contributed by atoms with Crippen molar-refractivity contribution in [3.05, 3.63) is 6.20 Å². The van der Waals surface area contributed by atoms with Gasteiger partial charge >= 0.3 is 0 Å². The number of hydrogen-bond acceptors (Lipinski definition) is 5. The molecule has 8 heteroatoms. The second kappa shape index (κ2) is 5.48. The Morgan fingerprint density at radius 3 is 2.76 bits per heavy atom. The van der Waals surface area contributed by atoms with Crippen LogP contribution in [0.25, 0.3) is 0 Å². The monoisotopic (exact) mass is 262 g/mol. The van der Waals surface area contributed by atoms with E-state index in [0.29, 0.717) is 6.61 Å². The van der Waals surface area contributed by atoms with E-state index in [1.165, 1.54) is 10.9 Å². The van der Waals surface area contributed by atoms with Crippen molar-refractivity contribution in [2.75, 3.05) is 18.9 Å². The van der Waals surface area contributed by atoms with E-state index < -0.39 is 10.0 Å². The second-order valence-electron chi connectivity index (χ2n) is 3.67. The summed E-state index contributed by atoms with van der Waals surface area (Å²) >= 11 is 0. The van der Waals surface area contributed by atoms with E-state index >= 15 is 0 Å². The van der Waals surface area contributed by atoms with Crippen molar-refractivity contribution in [3.8, 4) is 0 Å². The molecule has 1 heterocycles. The minimum Gasteiger partial charge on any atom is -0.381 e. The van der Waals surface area contributed by atoms with Crippen molar-refractivity contribution in [2.24, 2.45) is 7.05 Å². The fraction of sp³-hybridized carbons (Fsp3) is 0.667. The number of hydrogen-bond donors (Lipinski definition) is 2. The number of anilines is 1. The summed E-state index contributed by atoms with van der Waals surface area (Å²) in [5.74, 6) is -0.0101. The largest absolute Gasteiger partial charge is 0.381 e. The summed E-state index contributed by atoms with van der Waals surface area (Å²) in [6.45, 7) is 4.38. The van der Waals surface area contributed by atoms with Gasteiger partial charge in [0.05, 0.1) is 6.10 Å². The fourth-order valence-electron chi connectivity index (χ4n) is 1.34. The molecule has 0 aliphatic carbocycles. The Balaban J connectivity index is 2.73. The topological polar surface area (TPSA) is 99.2 Å². The fourth-order valence-corrected chi connectivity index (χ4v) is 2.56. The minimum atomic E-state index is -3.62. The molecule has 0 saturated heterocycles. The van der Waals surface area contributed by atoms with Crippen LogP contribution in [-0.2, 0) is 21.8 Å². The Morgan fingerprint density at radius 2 is 2.29 bits per heavy atom. The van der Waals surface area contributed by atoms with Crippen molar-refractivity contribution >= 4 is 15.8 Å². The molecule has 17 heavy (non-hydrogen) atoms. The van der Waals surface area contributed by atoms with Gasteiger partial charge in [-0.2, -0.15) is 5.10 Å². The number of nitrogens with two attached hydrogens (primary N) is 1. The number of aromatic nitrogens is 2. The number of aryl methyl sites for hydroxylation is 1. The molecule has 98 valence electrons. The standard InChI is InChI=1S/C9H18N4O3S/c1-4-16-7(2)5-11-17(14,15)8-6-13(3)12-9(8)10/h6-7,11H,4-5H2,1-3H3,(H2,10,12). The highest BCUT2D eigenvalue weighted by atomic mass is 32.2. The van der Waals surface area contributed by atoms with Gasteiger partial charge in [0.1, 0.15) is 4.90 Å². The molecule has 0 fully saturated rings. The summed E-state index contributed by atoms with van der Waals surface area (Å²) in [7, 11) is -2.01. The van der Waals surface area contributed by atoms with E-state index in [0.717, 1.165) is 0 Å². The summed E-state index contributed by atoms with van der Waals surface area (Å²) < 4.78 is 32.8. The molecule has 1 aromatic heterocycles. The summed E-state index contributed by atoms with van der Waals surface area (Å²) in [6, 6.07) is 0. The number of sulfonamides is 1. The van der Waals surface area contributed by atoms with Gasteiger partial charge < -0.3 is 10.5 Å². The molecule has 1 aromatic rings. The summed E-state index contributed by atoms with van der Waals surface area (Å²) in [6.07, 6.45) is 1.18. The van der Waals surface area contributed by atoms with Gasteiger partial charge in [0, 0.05) is 26.4 Å². The minimum absolute atomic E-state index is 0.0101. The SMILES string of the molecule is CCOC(C)CNS(=O)(=O)c1cn(C)nc1N. The van der Waals surface area contributed by atoms with Crippen LogP contribution in [0.15, 0.2) is 11.1 Å². The Kier molecular flexibility index (Phi) is 4.49. The lowest BCUT2D eigenvalue weighted by Gasteiger charge is -2.12. The first-order chi connectivity index (χ1) is 7.86. The first-order valence-electron chi connectivity index (χ1n) is 5.27. The van der Waals surface area contributed by atoms with Crippen LogP contribution in [0.4, 0.5) is 5.82 Å². The van der Waals surface area contributed by atoms with Gasteiger partial charge in [-0.15, -0.1) is 0 Å². The molecule has 1 rings (SSSR count). The van der Waals surface area contributed by atoms with E-state index in [1.807, 2.05) is 6.92 Å². The molecular weight excluding hydrogens is 244 g/mol. The number of nitrogens with one attached hydrogen (secondary N) is 1. The Labute approximate surface area is 101 Å². The highest BCUT2D eigenvalue weighted by Crippen LogP contribution is 2.14. The van der Waals surface area contributed by atoms with Crippen molar-refractivity contribution in [3.63, 3.8) is 0 Å². The molecule has 0 spiro atoms. The highest BCUT2D eigenvalue weighted by molar-refractivity contribution is 7.89. The van der Waals surface area contributed by atoms with Crippen LogP contribution in [0, 0.1) is 0 Å². The summed E-state index contributed by atoms with van der Waals surface area (Å²) in [5, 5.41) is 3.78. The maximum atomic E-state index is 11.9. The molecule has 0 amide bonds. The van der Waals surface area contributed by atoms with Crippen molar-refractivity contribution in [1.82, 2.24) is 14.5 Å². The summed E-state index contributed by atoms with van der Waals surface area (Å²) in [5.41, 5.74) is 5.51. The Hall–Kier alpha value is -1.12. The number of rotatable bonds is 6. The molecule has 1 atom stereocenters. The Morgan fingerprint density at radius 1 is 1.65 bits per heavy atom. The quantitative estimate of drug-likeness (QED) is 0.733. The van der Waals surface area contributed by atoms with Gasteiger partial charge in [-0.05, 0) is 13.8 Å². The third-order valence-corrected chi connectivity index (χ3v) is 3.56. The summed E-state index contributed by atoms with van der Waals surface area (Å²) in [4.78, 5) is -0.0105. The average Bonchev–Trinajstić information content (AvgIpc) is 2.56. The number of nitrogen functional groups attached to an aromatic ring is 1. The molecule has 0 aliphatic rings.